The van der Waals surface area contributed by atoms with E-state index in [0.717, 1.165) is 23.7 Å². The molecular formula is C21H24N4. The van der Waals surface area contributed by atoms with E-state index in [2.05, 4.69) is 77.8 Å². The van der Waals surface area contributed by atoms with Crippen molar-refractivity contribution >= 4 is 17.5 Å². The zero-order valence-electron chi connectivity index (χ0n) is 15.2. The zero-order valence-corrected chi connectivity index (χ0v) is 15.2. The van der Waals surface area contributed by atoms with E-state index in [1.54, 1.807) is 0 Å². The first-order valence-electron chi connectivity index (χ1n) is 8.49. The highest BCUT2D eigenvalue weighted by Gasteiger charge is 2.04. The standard InChI is InChI=1S/C21H24N4/c1-14-6-5-7-18(10-14)13-22-20-12-17(4)23-21(25-20)24-19-9-8-15(2)16(3)11-19/h5-12H,13H2,1-4H3,(H2,22,23,24,25). The molecule has 1 heterocycles. The molecule has 3 rings (SSSR count). The van der Waals surface area contributed by atoms with Crippen LogP contribution in [0.2, 0.25) is 0 Å². The molecule has 0 atom stereocenters. The van der Waals surface area contributed by atoms with Crippen LogP contribution in [0, 0.1) is 27.7 Å². The molecule has 0 aliphatic heterocycles. The second kappa shape index (κ2) is 7.34. The van der Waals surface area contributed by atoms with E-state index in [9.17, 15) is 0 Å². The number of benzene rings is 2. The van der Waals surface area contributed by atoms with E-state index in [1.807, 2.05) is 19.1 Å². The van der Waals surface area contributed by atoms with Gasteiger partial charge in [0.05, 0.1) is 0 Å². The van der Waals surface area contributed by atoms with Crippen molar-refractivity contribution in [3.8, 4) is 0 Å². The Hall–Kier alpha value is -2.88. The number of nitrogens with one attached hydrogen (secondary N) is 2. The van der Waals surface area contributed by atoms with Crippen LogP contribution in [-0.2, 0) is 6.54 Å². The lowest BCUT2D eigenvalue weighted by atomic mass is 10.1. The van der Waals surface area contributed by atoms with Crippen molar-refractivity contribution < 1.29 is 0 Å². The summed E-state index contributed by atoms with van der Waals surface area (Å²) in [6.45, 7) is 9.03. The lowest BCUT2D eigenvalue weighted by molar-refractivity contribution is 1.06. The number of hydrogen-bond donors (Lipinski definition) is 2. The second-order valence-electron chi connectivity index (χ2n) is 6.48. The van der Waals surface area contributed by atoms with Crippen LogP contribution in [0.5, 0.6) is 0 Å². The Kier molecular flexibility index (Phi) is 4.98. The molecule has 0 amide bonds. The van der Waals surface area contributed by atoms with Crippen molar-refractivity contribution in [2.24, 2.45) is 0 Å². The van der Waals surface area contributed by atoms with Crippen molar-refractivity contribution in [2.75, 3.05) is 10.6 Å². The van der Waals surface area contributed by atoms with Gasteiger partial charge in [0.25, 0.3) is 0 Å². The van der Waals surface area contributed by atoms with Crippen LogP contribution >= 0.6 is 0 Å². The predicted molar refractivity (Wildman–Crippen MR) is 104 cm³/mol. The maximum absolute atomic E-state index is 4.59. The van der Waals surface area contributed by atoms with E-state index in [0.29, 0.717) is 5.95 Å². The molecular weight excluding hydrogens is 308 g/mol. The van der Waals surface area contributed by atoms with Gasteiger partial charge >= 0.3 is 0 Å². The fraction of sp³-hybridized carbons (Fsp3) is 0.238. The first kappa shape index (κ1) is 17.0. The van der Waals surface area contributed by atoms with Gasteiger partial charge in [0.2, 0.25) is 5.95 Å². The molecule has 0 unspecified atom stereocenters. The SMILES string of the molecule is Cc1cccc(CNc2cc(C)nc(Nc3ccc(C)c(C)c3)n2)c1. The maximum atomic E-state index is 4.59. The van der Waals surface area contributed by atoms with Crippen LogP contribution in [0.15, 0.2) is 48.5 Å². The van der Waals surface area contributed by atoms with Gasteiger partial charge in [0.1, 0.15) is 5.82 Å². The third-order valence-electron chi connectivity index (χ3n) is 4.17. The van der Waals surface area contributed by atoms with Crippen molar-refractivity contribution in [3.05, 3.63) is 76.5 Å². The molecule has 0 saturated carbocycles. The van der Waals surface area contributed by atoms with Crippen molar-refractivity contribution in [3.63, 3.8) is 0 Å². The summed E-state index contributed by atoms with van der Waals surface area (Å²) in [5.41, 5.74) is 6.94. The lowest BCUT2D eigenvalue weighted by Crippen LogP contribution is -2.06. The third kappa shape index (κ3) is 4.57. The molecule has 4 heteroatoms. The molecule has 0 aliphatic carbocycles. The average molecular weight is 332 g/mol. The molecule has 0 saturated heterocycles. The first-order chi connectivity index (χ1) is 12.0. The molecule has 128 valence electrons. The Morgan fingerprint density at radius 3 is 2.44 bits per heavy atom. The Bertz CT molecular complexity index is 887. The highest BCUT2D eigenvalue weighted by molar-refractivity contribution is 5.57. The molecule has 4 nitrogen and oxygen atoms in total. The second-order valence-corrected chi connectivity index (χ2v) is 6.48. The number of rotatable bonds is 5. The Labute approximate surface area is 149 Å². The molecule has 0 bridgehead atoms. The van der Waals surface area contributed by atoms with E-state index in [1.165, 1.54) is 22.3 Å². The summed E-state index contributed by atoms with van der Waals surface area (Å²) in [4.78, 5) is 9.07. The van der Waals surface area contributed by atoms with Crippen molar-refractivity contribution in [2.45, 2.75) is 34.2 Å². The molecule has 3 aromatic rings. The van der Waals surface area contributed by atoms with Gasteiger partial charge in [0.15, 0.2) is 0 Å². The van der Waals surface area contributed by atoms with Gasteiger partial charge in [-0.05, 0) is 56.5 Å². The normalized spacial score (nSPS) is 10.6. The van der Waals surface area contributed by atoms with Crippen LogP contribution < -0.4 is 10.6 Å². The molecule has 2 N–H and O–H groups in total. The van der Waals surface area contributed by atoms with Crippen molar-refractivity contribution in [1.82, 2.24) is 9.97 Å². The summed E-state index contributed by atoms with van der Waals surface area (Å²) in [6, 6.07) is 16.7. The molecule has 0 radical (unpaired) electrons. The summed E-state index contributed by atoms with van der Waals surface area (Å²) in [6.07, 6.45) is 0. The minimum atomic E-state index is 0.606. The Morgan fingerprint density at radius 1 is 0.840 bits per heavy atom. The molecule has 2 aromatic carbocycles. The van der Waals surface area contributed by atoms with Gasteiger partial charge in [-0.3, -0.25) is 0 Å². The van der Waals surface area contributed by atoms with Gasteiger partial charge < -0.3 is 10.6 Å². The largest absolute Gasteiger partial charge is 0.366 e. The minimum Gasteiger partial charge on any atom is -0.366 e. The topological polar surface area (TPSA) is 49.8 Å². The van der Waals surface area contributed by atoms with E-state index in [4.69, 9.17) is 0 Å². The average Bonchev–Trinajstić information content (AvgIpc) is 2.56. The van der Waals surface area contributed by atoms with Crippen LogP contribution in [-0.4, -0.2) is 9.97 Å². The molecule has 1 aromatic heterocycles. The molecule has 0 aliphatic rings. The quantitative estimate of drug-likeness (QED) is 0.685. The monoisotopic (exact) mass is 332 g/mol. The smallest absolute Gasteiger partial charge is 0.229 e. The van der Waals surface area contributed by atoms with Crippen LogP contribution in [0.25, 0.3) is 0 Å². The predicted octanol–water partition coefficient (Wildman–Crippen LogP) is 5.07. The number of hydrogen-bond acceptors (Lipinski definition) is 4. The number of aryl methyl sites for hydroxylation is 4. The van der Waals surface area contributed by atoms with Gasteiger partial charge in [-0.2, -0.15) is 4.98 Å². The van der Waals surface area contributed by atoms with Crippen LogP contribution in [0.4, 0.5) is 17.5 Å². The van der Waals surface area contributed by atoms with Gasteiger partial charge in [-0.25, -0.2) is 4.98 Å². The van der Waals surface area contributed by atoms with E-state index >= 15 is 0 Å². The summed E-state index contributed by atoms with van der Waals surface area (Å²) < 4.78 is 0. The lowest BCUT2D eigenvalue weighted by Gasteiger charge is -2.11. The molecule has 0 spiro atoms. The highest BCUT2D eigenvalue weighted by atomic mass is 15.1. The zero-order chi connectivity index (χ0) is 17.8. The van der Waals surface area contributed by atoms with E-state index < -0.39 is 0 Å². The summed E-state index contributed by atoms with van der Waals surface area (Å²) in [5.74, 6) is 1.43. The first-order valence-corrected chi connectivity index (χ1v) is 8.49. The van der Waals surface area contributed by atoms with Crippen molar-refractivity contribution in [1.29, 1.82) is 0 Å². The summed E-state index contributed by atoms with van der Waals surface area (Å²) >= 11 is 0. The fourth-order valence-electron chi connectivity index (χ4n) is 2.68. The Balaban J connectivity index is 1.74. The minimum absolute atomic E-state index is 0.606. The number of aromatic nitrogens is 2. The summed E-state index contributed by atoms with van der Waals surface area (Å²) in [7, 11) is 0. The molecule has 25 heavy (non-hydrogen) atoms. The van der Waals surface area contributed by atoms with Crippen LogP contribution in [0.3, 0.4) is 0 Å². The van der Waals surface area contributed by atoms with Gasteiger partial charge in [-0.15, -0.1) is 0 Å². The van der Waals surface area contributed by atoms with Gasteiger partial charge in [-0.1, -0.05) is 35.9 Å². The van der Waals surface area contributed by atoms with Gasteiger partial charge in [0, 0.05) is 24.0 Å². The van der Waals surface area contributed by atoms with E-state index in [-0.39, 0.29) is 0 Å². The number of anilines is 3. The third-order valence-corrected chi connectivity index (χ3v) is 4.17. The highest BCUT2D eigenvalue weighted by Crippen LogP contribution is 2.19. The Morgan fingerprint density at radius 2 is 1.68 bits per heavy atom. The maximum Gasteiger partial charge on any atom is 0.229 e. The molecule has 0 fully saturated rings. The number of nitrogens with zero attached hydrogens (tertiary/aromatic N) is 2. The summed E-state index contributed by atoms with van der Waals surface area (Å²) in [5, 5.41) is 6.68. The van der Waals surface area contributed by atoms with Crippen LogP contribution in [0.1, 0.15) is 27.9 Å². The fourth-order valence-corrected chi connectivity index (χ4v) is 2.68.